The second-order valence-electron chi connectivity index (χ2n) is 5.42. The van der Waals surface area contributed by atoms with Gasteiger partial charge >= 0.3 is 5.97 Å². The molecule has 2 unspecified atom stereocenters. The Hall–Kier alpha value is -1.35. The highest BCUT2D eigenvalue weighted by Gasteiger charge is 2.19. The molecule has 1 fully saturated rings. The van der Waals surface area contributed by atoms with Gasteiger partial charge in [-0.1, -0.05) is 29.8 Å². The number of benzene rings is 1. The van der Waals surface area contributed by atoms with Crippen LogP contribution in [0, 0.1) is 12.8 Å². The van der Waals surface area contributed by atoms with Crippen molar-refractivity contribution in [1.29, 1.82) is 0 Å². The SMILES string of the molecule is Cc1ccc(CC2COCCC(=O)OC(C)C2)cc1. The Morgan fingerprint density at radius 3 is 2.74 bits per heavy atom. The van der Waals surface area contributed by atoms with Gasteiger partial charge in [0, 0.05) is 6.61 Å². The fourth-order valence-electron chi connectivity index (χ4n) is 2.47. The van der Waals surface area contributed by atoms with Gasteiger partial charge in [-0.2, -0.15) is 0 Å². The first-order valence-corrected chi connectivity index (χ1v) is 6.96. The third-order valence-electron chi connectivity index (χ3n) is 3.45. The van der Waals surface area contributed by atoms with Crippen LogP contribution < -0.4 is 0 Å². The molecule has 1 aliphatic rings. The number of carbonyl (C=O) groups excluding carboxylic acids is 1. The largest absolute Gasteiger partial charge is 0.463 e. The fraction of sp³-hybridized carbons (Fsp3) is 0.562. The highest BCUT2D eigenvalue weighted by Crippen LogP contribution is 2.19. The predicted octanol–water partition coefficient (Wildman–Crippen LogP) is 2.90. The Balaban J connectivity index is 1.97. The number of carbonyl (C=O) groups is 1. The van der Waals surface area contributed by atoms with Crippen LogP contribution >= 0.6 is 0 Å². The topological polar surface area (TPSA) is 35.5 Å². The van der Waals surface area contributed by atoms with Crippen molar-refractivity contribution in [1.82, 2.24) is 0 Å². The zero-order valence-corrected chi connectivity index (χ0v) is 11.7. The zero-order valence-electron chi connectivity index (χ0n) is 11.7. The monoisotopic (exact) mass is 262 g/mol. The van der Waals surface area contributed by atoms with Crippen molar-refractivity contribution in [3.05, 3.63) is 35.4 Å². The van der Waals surface area contributed by atoms with Gasteiger partial charge in [-0.05, 0) is 38.2 Å². The molecule has 3 heteroatoms. The zero-order chi connectivity index (χ0) is 13.7. The molecule has 1 aromatic rings. The van der Waals surface area contributed by atoms with E-state index in [0.717, 1.165) is 12.8 Å². The number of rotatable bonds is 2. The maximum absolute atomic E-state index is 11.4. The first-order chi connectivity index (χ1) is 9.13. The summed E-state index contributed by atoms with van der Waals surface area (Å²) in [5.41, 5.74) is 2.59. The van der Waals surface area contributed by atoms with Crippen LogP contribution in [-0.4, -0.2) is 25.3 Å². The first-order valence-electron chi connectivity index (χ1n) is 6.96. The minimum atomic E-state index is -0.150. The molecule has 1 aliphatic heterocycles. The second kappa shape index (κ2) is 6.71. The molecule has 0 N–H and O–H groups in total. The molecule has 104 valence electrons. The summed E-state index contributed by atoms with van der Waals surface area (Å²) < 4.78 is 10.9. The molecule has 2 atom stereocenters. The number of esters is 1. The van der Waals surface area contributed by atoms with Gasteiger partial charge in [0.1, 0.15) is 0 Å². The van der Waals surface area contributed by atoms with Crippen LogP contribution in [0.25, 0.3) is 0 Å². The standard InChI is InChI=1S/C16H22O3/c1-12-3-5-14(6-4-12)10-15-9-13(2)19-16(17)7-8-18-11-15/h3-6,13,15H,7-11H2,1-2H3. The van der Waals surface area contributed by atoms with Crippen molar-refractivity contribution >= 4 is 5.97 Å². The number of aryl methyl sites for hydroxylation is 1. The number of ether oxygens (including phenoxy) is 2. The minimum absolute atomic E-state index is 0.0235. The third-order valence-corrected chi connectivity index (χ3v) is 3.45. The number of hydrogen-bond acceptors (Lipinski definition) is 3. The van der Waals surface area contributed by atoms with Gasteiger partial charge < -0.3 is 9.47 Å². The maximum atomic E-state index is 11.4. The molecule has 3 nitrogen and oxygen atoms in total. The average molecular weight is 262 g/mol. The van der Waals surface area contributed by atoms with Gasteiger partial charge in [-0.25, -0.2) is 0 Å². The predicted molar refractivity (Wildman–Crippen MR) is 74.0 cm³/mol. The van der Waals surface area contributed by atoms with Crippen LogP contribution in [-0.2, 0) is 20.7 Å². The van der Waals surface area contributed by atoms with Gasteiger partial charge in [-0.15, -0.1) is 0 Å². The van der Waals surface area contributed by atoms with Gasteiger partial charge in [-0.3, -0.25) is 4.79 Å². The van der Waals surface area contributed by atoms with Crippen LogP contribution in [0.5, 0.6) is 0 Å². The smallest absolute Gasteiger partial charge is 0.308 e. The first kappa shape index (κ1) is 14.1. The molecule has 1 saturated heterocycles. The van der Waals surface area contributed by atoms with E-state index < -0.39 is 0 Å². The third kappa shape index (κ3) is 4.67. The molecule has 1 heterocycles. The lowest BCUT2D eigenvalue weighted by molar-refractivity contribution is -0.148. The van der Waals surface area contributed by atoms with Crippen LogP contribution in [0.1, 0.15) is 30.9 Å². The summed E-state index contributed by atoms with van der Waals surface area (Å²) in [4.78, 5) is 11.4. The summed E-state index contributed by atoms with van der Waals surface area (Å²) in [7, 11) is 0. The Bertz CT molecular complexity index is 411. The van der Waals surface area contributed by atoms with Crippen molar-refractivity contribution in [3.8, 4) is 0 Å². The minimum Gasteiger partial charge on any atom is -0.463 e. The van der Waals surface area contributed by atoms with Crippen LogP contribution in [0.2, 0.25) is 0 Å². The maximum Gasteiger partial charge on any atom is 0.308 e. The molecule has 0 bridgehead atoms. The molecular formula is C16H22O3. The number of cyclic esters (lactones) is 1. The molecule has 2 rings (SSSR count). The fourth-order valence-corrected chi connectivity index (χ4v) is 2.47. The molecule has 0 saturated carbocycles. The molecule has 0 amide bonds. The summed E-state index contributed by atoms with van der Waals surface area (Å²) in [6.45, 7) is 5.23. The Kier molecular flexibility index (Phi) is 4.97. The molecule has 0 radical (unpaired) electrons. The quantitative estimate of drug-likeness (QED) is 0.769. The number of hydrogen-bond donors (Lipinski definition) is 0. The van der Waals surface area contributed by atoms with E-state index in [1.54, 1.807) is 0 Å². The van der Waals surface area contributed by atoms with E-state index in [9.17, 15) is 4.79 Å². The lowest BCUT2D eigenvalue weighted by Gasteiger charge is -2.19. The van der Waals surface area contributed by atoms with Gasteiger partial charge in [0.2, 0.25) is 0 Å². The molecule has 19 heavy (non-hydrogen) atoms. The van der Waals surface area contributed by atoms with Gasteiger partial charge in [0.25, 0.3) is 0 Å². The average Bonchev–Trinajstić information content (AvgIpc) is 2.43. The van der Waals surface area contributed by atoms with Crippen molar-refractivity contribution in [2.45, 2.75) is 39.2 Å². The second-order valence-corrected chi connectivity index (χ2v) is 5.42. The van der Waals surface area contributed by atoms with E-state index in [-0.39, 0.29) is 12.1 Å². The van der Waals surface area contributed by atoms with E-state index in [1.165, 1.54) is 11.1 Å². The Labute approximate surface area is 114 Å². The van der Waals surface area contributed by atoms with Gasteiger partial charge in [0.05, 0.1) is 19.1 Å². The van der Waals surface area contributed by atoms with Crippen LogP contribution in [0.4, 0.5) is 0 Å². The van der Waals surface area contributed by atoms with Crippen LogP contribution in [0.3, 0.4) is 0 Å². The summed E-state index contributed by atoms with van der Waals surface area (Å²) in [5.74, 6) is 0.257. The molecule has 1 aromatic carbocycles. The van der Waals surface area contributed by atoms with Crippen molar-refractivity contribution in [2.24, 2.45) is 5.92 Å². The Morgan fingerprint density at radius 2 is 2.00 bits per heavy atom. The summed E-state index contributed by atoms with van der Waals surface area (Å²) in [5, 5.41) is 0. The molecule has 0 spiro atoms. The summed E-state index contributed by atoms with van der Waals surface area (Å²) >= 11 is 0. The van der Waals surface area contributed by atoms with E-state index >= 15 is 0 Å². The van der Waals surface area contributed by atoms with E-state index in [2.05, 4.69) is 31.2 Å². The van der Waals surface area contributed by atoms with E-state index in [1.807, 2.05) is 6.92 Å². The highest BCUT2D eigenvalue weighted by molar-refractivity contribution is 5.69. The lowest BCUT2D eigenvalue weighted by atomic mass is 9.94. The van der Waals surface area contributed by atoms with Crippen LogP contribution in [0.15, 0.2) is 24.3 Å². The molecule has 0 aliphatic carbocycles. The van der Waals surface area contributed by atoms with Gasteiger partial charge in [0.15, 0.2) is 0 Å². The van der Waals surface area contributed by atoms with Crippen molar-refractivity contribution in [3.63, 3.8) is 0 Å². The van der Waals surface area contributed by atoms with Crippen molar-refractivity contribution in [2.75, 3.05) is 13.2 Å². The van der Waals surface area contributed by atoms with E-state index in [4.69, 9.17) is 9.47 Å². The van der Waals surface area contributed by atoms with Crippen molar-refractivity contribution < 1.29 is 14.3 Å². The highest BCUT2D eigenvalue weighted by atomic mass is 16.5. The molecular weight excluding hydrogens is 240 g/mol. The lowest BCUT2D eigenvalue weighted by Crippen LogP contribution is -2.20. The summed E-state index contributed by atoms with van der Waals surface area (Å²) in [6.07, 6.45) is 2.17. The van der Waals surface area contributed by atoms with E-state index in [0.29, 0.717) is 25.6 Å². The molecule has 0 aromatic heterocycles. The summed E-state index contributed by atoms with van der Waals surface area (Å²) in [6, 6.07) is 8.60. The Morgan fingerprint density at radius 1 is 1.26 bits per heavy atom. The normalized spacial score (nSPS) is 25.1.